The highest BCUT2D eigenvalue weighted by Gasteiger charge is 2.22. The predicted molar refractivity (Wildman–Crippen MR) is 193 cm³/mol. The van der Waals surface area contributed by atoms with Crippen molar-refractivity contribution >= 4 is 44.9 Å². The van der Waals surface area contributed by atoms with E-state index in [0.29, 0.717) is 0 Å². The standard InChI is InChI=1S/C43H32N2/c1-3-14-38-36(4-2)42-40(45(38)35-24-21-32(22-25-35)30-15-8-5-9-16-30)27-28-41-43(42)37-29-33(31-17-10-6-11-18-31)23-26-39(37)44(41)34-19-12-7-13-20-34/h3-29H,2H2,1H3/b14-3-. The molecule has 0 aliphatic rings. The van der Waals surface area contributed by atoms with Crippen molar-refractivity contribution in [2.75, 3.05) is 0 Å². The Balaban J connectivity index is 1.47. The van der Waals surface area contributed by atoms with E-state index in [-0.39, 0.29) is 0 Å². The quantitative estimate of drug-likeness (QED) is 0.186. The lowest BCUT2D eigenvalue weighted by atomic mass is 10.00. The van der Waals surface area contributed by atoms with Crippen LogP contribution in [0.2, 0.25) is 0 Å². The normalized spacial score (nSPS) is 11.7. The molecular weight excluding hydrogens is 544 g/mol. The van der Waals surface area contributed by atoms with Crippen LogP contribution in [0.3, 0.4) is 0 Å². The molecule has 2 heteroatoms. The molecular formula is C43H32N2. The zero-order chi connectivity index (χ0) is 30.3. The summed E-state index contributed by atoms with van der Waals surface area (Å²) in [6, 6.07) is 52.2. The number of rotatable bonds is 6. The van der Waals surface area contributed by atoms with Gasteiger partial charge in [-0.1, -0.05) is 116 Å². The molecule has 0 fully saturated rings. The SMILES string of the molecule is C=Cc1c(/C=C\C)n(-c2ccc(-c3ccccc3)cc2)c2ccc3c(c4cc(-c5ccccc5)ccc4n3-c3ccccc3)c12. The molecule has 214 valence electrons. The van der Waals surface area contributed by atoms with Crippen molar-refractivity contribution in [2.45, 2.75) is 6.92 Å². The van der Waals surface area contributed by atoms with E-state index in [2.05, 4.69) is 180 Å². The maximum atomic E-state index is 4.35. The van der Waals surface area contributed by atoms with Crippen LogP contribution in [0.4, 0.5) is 0 Å². The fourth-order valence-corrected chi connectivity index (χ4v) is 6.84. The first-order valence-electron chi connectivity index (χ1n) is 15.4. The molecule has 2 nitrogen and oxygen atoms in total. The highest BCUT2D eigenvalue weighted by Crippen LogP contribution is 2.43. The molecule has 0 saturated heterocycles. The fourth-order valence-electron chi connectivity index (χ4n) is 6.84. The summed E-state index contributed by atoms with van der Waals surface area (Å²) in [7, 11) is 0. The number of benzene rings is 6. The molecule has 8 rings (SSSR count). The van der Waals surface area contributed by atoms with Gasteiger partial charge >= 0.3 is 0 Å². The summed E-state index contributed by atoms with van der Waals surface area (Å²) in [5.74, 6) is 0. The largest absolute Gasteiger partial charge is 0.309 e. The average Bonchev–Trinajstić information content (AvgIpc) is 3.61. The van der Waals surface area contributed by atoms with Crippen LogP contribution in [0.5, 0.6) is 0 Å². The van der Waals surface area contributed by atoms with Crippen molar-refractivity contribution in [3.63, 3.8) is 0 Å². The number of fused-ring (bicyclic) bond motifs is 5. The first-order valence-corrected chi connectivity index (χ1v) is 15.4. The molecule has 0 saturated carbocycles. The topological polar surface area (TPSA) is 9.86 Å². The van der Waals surface area contributed by atoms with Crippen LogP contribution in [0.15, 0.2) is 158 Å². The molecule has 0 N–H and O–H groups in total. The van der Waals surface area contributed by atoms with Crippen molar-refractivity contribution in [3.8, 4) is 33.6 Å². The van der Waals surface area contributed by atoms with Crippen LogP contribution in [-0.2, 0) is 0 Å². The number of allylic oxidation sites excluding steroid dienone is 1. The molecule has 2 heterocycles. The second kappa shape index (κ2) is 11.0. The van der Waals surface area contributed by atoms with Crippen LogP contribution < -0.4 is 0 Å². The smallest absolute Gasteiger partial charge is 0.0548 e. The maximum absolute atomic E-state index is 4.35. The van der Waals surface area contributed by atoms with Crippen LogP contribution >= 0.6 is 0 Å². The fraction of sp³-hybridized carbons (Fsp3) is 0.0233. The molecule has 0 unspecified atom stereocenters. The molecule has 0 bridgehead atoms. The van der Waals surface area contributed by atoms with Gasteiger partial charge in [-0.2, -0.15) is 0 Å². The van der Waals surface area contributed by atoms with Gasteiger partial charge < -0.3 is 9.13 Å². The Kier molecular flexibility index (Phi) is 6.54. The van der Waals surface area contributed by atoms with Crippen LogP contribution in [0.25, 0.3) is 78.5 Å². The van der Waals surface area contributed by atoms with Gasteiger partial charge in [0.25, 0.3) is 0 Å². The van der Waals surface area contributed by atoms with Crippen LogP contribution in [0.1, 0.15) is 18.2 Å². The van der Waals surface area contributed by atoms with Gasteiger partial charge in [-0.25, -0.2) is 0 Å². The van der Waals surface area contributed by atoms with Gasteiger partial charge in [-0.15, -0.1) is 0 Å². The highest BCUT2D eigenvalue weighted by atomic mass is 15.0. The van der Waals surface area contributed by atoms with E-state index >= 15 is 0 Å². The number of nitrogens with zero attached hydrogens (tertiary/aromatic N) is 2. The number of aromatic nitrogens is 2. The van der Waals surface area contributed by atoms with Gasteiger partial charge in [0.1, 0.15) is 0 Å². The van der Waals surface area contributed by atoms with Gasteiger partial charge in [-0.3, -0.25) is 0 Å². The van der Waals surface area contributed by atoms with Gasteiger partial charge in [0, 0.05) is 33.1 Å². The van der Waals surface area contributed by atoms with Crippen molar-refractivity contribution in [1.82, 2.24) is 9.13 Å². The number of para-hydroxylation sites is 1. The van der Waals surface area contributed by atoms with E-state index in [1.54, 1.807) is 0 Å². The first kappa shape index (κ1) is 26.7. The lowest BCUT2D eigenvalue weighted by Gasteiger charge is -2.11. The maximum Gasteiger partial charge on any atom is 0.0548 e. The van der Waals surface area contributed by atoms with E-state index in [1.807, 2.05) is 6.08 Å². The summed E-state index contributed by atoms with van der Waals surface area (Å²) >= 11 is 0. The molecule has 45 heavy (non-hydrogen) atoms. The summed E-state index contributed by atoms with van der Waals surface area (Å²) < 4.78 is 4.78. The lowest BCUT2D eigenvalue weighted by molar-refractivity contribution is 1.10. The van der Waals surface area contributed by atoms with E-state index in [9.17, 15) is 0 Å². The third-order valence-corrected chi connectivity index (χ3v) is 8.82. The third kappa shape index (κ3) is 4.34. The summed E-state index contributed by atoms with van der Waals surface area (Å²) in [6.07, 6.45) is 6.35. The van der Waals surface area contributed by atoms with Crippen molar-refractivity contribution in [3.05, 3.63) is 170 Å². The van der Waals surface area contributed by atoms with Crippen molar-refractivity contribution < 1.29 is 0 Å². The summed E-state index contributed by atoms with van der Waals surface area (Å²) in [4.78, 5) is 0. The minimum atomic E-state index is 1.12. The average molecular weight is 577 g/mol. The number of hydrogen-bond donors (Lipinski definition) is 0. The van der Waals surface area contributed by atoms with Crippen molar-refractivity contribution in [2.24, 2.45) is 0 Å². The Morgan fingerprint density at radius 3 is 1.62 bits per heavy atom. The van der Waals surface area contributed by atoms with Crippen molar-refractivity contribution in [1.29, 1.82) is 0 Å². The molecule has 0 aliphatic carbocycles. The van der Waals surface area contributed by atoms with E-state index < -0.39 is 0 Å². The van der Waals surface area contributed by atoms with Crippen LogP contribution in [-0.4, -0.2) is 9.13 Å². The Labute approximate surface area is 263 Å². The zero-order valence-corrected chi connectivity index (χ0v) is 25.2. The highest BCUT2D eigenvalue weighted by molar-refractivity contribution is 6.24. The summed E-state index contributed by atoms with van der Waals surface area (Å²) in [6.45, 7) is 6.43. The molecule has 0 amide bonds. The Hall–Kier alpha value is -5.86. The third-order valence-electron chi connectivity index (χ3n) is 8.82. The summed E-state index contributed by atoms with van der Waals surface area (Å²) in [5, 5.41) is 3.68. The van der Waals surface area contributed by atoms with E-state index in [4.69, 9.17) is 0 Å². The Morgan fingerprint density at radius 1 is 0.489 bits per heavy atom. The zero-order valence-electron chi connectivity index (χ0n) is 25.2. The van der Waals surface area contributed by atoms with Gasteiger partial charge in [-0.05, 0) is 83.8 Å². The van der Waals surface area contributed by atoms with E-state index in [1.165, 1.54) is 49.4 Å². The summed E-state index contributed by atoms with van der Waals surface area (Å²) in [5.41, 5.74) is 12.9. The monoisotopic (exact) mass is 576 g/mol. The molecule has 0 atom stereocenters. The van der Waals surface area contributed by atoms with Gasteiger partial charge in [0.2, 0.25) is 0 Å². The number of hydrogen-bond acceptors (Lipinski definition) is 0. The van der Waals surface area contributed by atoms with Gasteiger partial charge in [0.05, 0.1) is 22.2 Å². The molecule has 8 aromatic rings. The molecule has 0 radical (unpaired) electrons. The minimum absolute atomic E-state index is 1.12. The first-order chi connectivity index (χ1) is 22.3. The molecule has 6 aromatic carbocycles. The van der Waals surface area contributed by atoms with E-state index in [0.717, 1.165) is 28.1 Å². The second-order valence-corrected chi connectivity index (χ2v) is 11.4. The second-order valence-electron chi connectivity index (χ2n) is 11.4. The minimum Gasteiger partial charge on any atom is -0.309 e. The lowest BCUT2D eigenvalue weighted by Crippen LogP contribution is -1.97. The molecule has 0 aliphatic heterocycles. The molecule has 2 aromatic heterocycles. The Morgan fingerprint density at radius 2 is 1.00 bits per heavy atom. The molecule has 0 spiro atoms. The van der Waals surface area contributed by atoms with Crippen LogP contribution in [0, 0.1) is 0 Å². The van der Waals surface area contributed by atoms with Gasteiger partial charge in [0.15, 0.2) is 0 Å². The Bertz CT molecular complexity index is 2350. The predicted octanol–water partition coefficient (Wildman–Crippen LogP) is 11.7.